The second kappa shape index (κ2) is 4.20. The molecule has 1 amide bonds. The minimum Gasteiger partial charge on any atom is -0.394 e. The molecule has 1 fully saturated rings. The average molecular weight is 227 g/mol. The first kappa shape index (κ1) is 11.1. The van der Waals surface area contributed by atoms with Crippen LogP contribution in [0.25, 0.3) is 0 Å². The van der Waals surface area contributed by atoms with Crippen molar-refractivity contribution < 1.29 is 19.7 Å². The molecule has 1 unspecified atom stereocenters. The zero-order valence-corrected chi connectivity index (χ0v) is 8.46. The van der Waals surface area contributed by atoms with E-state index in [0.717, 1.165) is 0 Å². The van der Waals surface area contributed by atoms with Gasteiger partial charge in [0.15, 0.2) is 5.82 Å². The van der Waals surface area contributed by atoms with E-state index >= 15 is 0 Å². The number of aliphatic hydroxyl groups excluding tert-OH is 2. The first-order valence-corrected chi connectivity index (χ1v) is 4.91. The molecule has 0 saturated carbocycles. The fourth-order valence-electron chi connectivity index (χ4n) is 1.72. The normalized spacial score (nSPS) is 29.5. The number of amides is 1. The molecule has 0 aromatic carbocycles. The monoisotopic (exact) mass is 227 g/mol. The summed E-state index contributed by atoms with van der Waals surface area (Å²) in [6.07, 6.45) is 0.0940. The van der Waals surface area contributed by atoms with E-state index in [1.807, 2.05) is 0 Å². The van der Waals surface area contributed by atoms with Gasteiger partial charge in [0.25, 0.3) is 5.91 Å². The minimum absolute atomic E-state index is 0.0561. The number of rotatable bonds is 3. The third-order valence-corrected chi connectivity index (χ3v) is 2.58. The van der Waals surface area contributed by atoms with E-state index in [1.165, 1.54) is 6.20 Å². The summed E-state index contributed by atoms with van der Waals surface area (Å²) in [5, 5.41) is 18.4. The van der Waals surface area contributed by atoms with Crippen LogP contribution in [0.3, 0.4) is 0 Å². The lowest BCUT2D eigenvalue weighted by molar-refractivity contribution is -0.0235. The number of primary amides is 1. The second-order valence-corrected chi connectivity index (χ2v) is 3.70. The lowest BCUT2D eigenvalue weighted by atomic mass is 10.1. The van der Waals surface area contributed by atoms with Gasteiger partial charge in [0.2, 0.25) is 0 Å². The van der Waals surface area contributed by atoms with Gasteiger partial charge in [-0.1, -0.05) is 0 Å². The molecule has 1 aliphatic heterocycles. The number of ether oxygens (including phenoxy) is 1. The molecule has 3 atom stereocenters. The Morgan fingerprint density at radius 1 is 1.75 bits per heavy atom. The van der Waals surface area contributed by atoms with Crippen molar-refractivity contribution >= 4 is 5.91 Å². The number of imidazole rings is 1. The van der Waals surface area contributed by atoms with E-state index in [4.69, 9.17) is 15.6 Å². The van der Waals surface area contributed by atoms with Crippen molar-refractivity contribution in [3.05, 3.63) is 17.7 Å². The van der Waals surface area contributed by atoms with Crippen LogP contribution in [0.5, 0.6) is 0 Å². The lowest BCUT2D eigenvalue weighted by Crippen LogP contribution is -2.24. The zero-order chi connectivity index (χ0) is 11.7. The van der Waals surface area contributed by atoms with Gasteiger partial charge in [-0.25, -0.2) is 4.98 Å². The van der Waals surface area contributed by atoms with Gasteiger partial charge in [-0.15, -0.1) is 0 Å². The van der Waals surface area contributed by atoms with Gasteiger partial charge < -0.3 is 25.7 Å². The summed E-state index contributed by atoms with van der Waals surface area (Å²) in [6, 6.07) is 0. The first-order valence-electron chi connectivity index (χ1n) is 4.91. The van der Waals surface area contributed by atoms with E-state index in [2.05, 4.69) is 9.97 Å². The molecule has 0 radical (unpaired) electrons. The maximum Gasteiger partial charge on any atom is 0.284 e. The second-order valence-electron chi connectivity index (χ2n) is 3.70. The van der Waals surface area contributed by atoms with E-state index in [1.54, 1.807) is 0 Å². The molecule has 2 heterocycles. The maximum absolute atomic E-state index is 10.8. The lowest BCUT2D eigenvalue weighted by Gasteiger charge is -2.10. The summed E-state index contributed by atoms with van der Waals surface area (Å²) in [6.45, 7) is -0.242. The number of hydrogen-bond donors (Lipinski definition) is 4. The third-order valence-electron chi connectivity index (χ3n) is 2.58. The number of carbonyl (C=O) groups is 1. The van der Waals surface area contributed by atoms with Crippen LogP contribution in [0.15, 0.2) is 6.20 Å². The van der Waals surface area contributed by atoms with Gasteiger partial charge in [-0.2, -0.15) is 0 Å². The molecule has 1 saturated heterocycles. The van der Waals surface area contributed by atoms with Gasteiger partial charge in [0.05, 0.1) is 24.6 Å². The molecule has 0 aliphatic carbocycles. The van der Waals surface area contributed by atoms with Crippen molar-refractivity contribution in [3.63, 3.8) is 0 Å². The van der Waals surface area contributed by atoms with Crippen molar-refractivity contribution in [2.24, 2.45) is 5.73 Å². The molecule has 0 bridgehead atoms. The van der Waals surface area contributed by atoms with Crippen LogP contribution < -0.4 is 5.73 Å². The van der Waals surface area contributed by atoms with Crippen LogP contribution in [0.2, 0.25) is 0 Å². The summed E-state index contributed by atoms with van der Waals surface area (Å²) in [7, 11) is 0. The number of aromatic nitrogens is 2. The van der Waals surface area contributed by atoms with E-state index in [9.17, 15) is 9.90 Å². The standard InChI is InChI=1S/C9H13N3O4/c10-8(15)9-11-2-4(12-9)6-1-5(14)7(3-13)16-6/h2,5-7,13-14H,1,3H2,(H2,10,15)(H,11,12)/t5-,6?,7+/m0/s1. The van der Waals surface area contributed by atoms with Crippen LogP contribution in [-0.4, -0.2) is 44.9 Å². The Balaban J connectivity index is 2.11. The van der Waals surface area contributed by atoms with Crippen LogP contribution in [0.4, 0.5) is 0 Å². The molecule has 16 heavy (non-hydrogen) atoms. The number of nitrogens with one attached hydrogen (secondary N) is 1. The molecule has 88 valence electrons. The molecular weight excluding hydrogens is 214 g/mol. The molecule has 1 aromatic rings. The smallest absolute Gasteiger partial charge is 0.284 e. The number of H-pyrrole nitrogens is 1. The number of nitrogens with two attached hydrogens (primary N) is 1. The van der Waals surface area contributed by atoms with Crippen LogP contribution in [-0.2, 0) is 4.74 Å². The van der Waals surface area contributed by atoms with Crippen molar-refractivity contribution in [3.8, 4) is 0 Å². The Hall–Kier alpha value is -1.44. The Labute approximate surface area is 91.2 Å². The molecule has 5 N–H and O–H groups in total. The van der Waals surface area contributed by atoms with Gasteiger partial charge in [0.1, 0.15) is 12.2 Å². The Bertz CT molecular complexity index is 392. The van der Waals surface area contributed by atoms with E-state index in [0.29, 0.717) is 12.1 Å². The van der Waals surface area contributed by atoms with Gasteiger partial charge >= 0.3 is 0 Å². The highest BCUT2D eigenvalue weighted by Gasteiger charge is 2.35. The summed E-state index contributed by atoms with van der Waals surface area (Å²) in [5.41, 5.74) is 5.62. The number of hydrogen-bond acceptors (Lipinski definition) is 5. The molecular formula is C9H13N3O4. The number of aliphatic hydroxyl groups is 2. The van der Waals surface area contributed by atoms with Gasteiger partial charge in [-0.05, 0) is 0 Å². The molecule has 2 rings (SSSR count). The maximum atomic E-state index is 10.8. The molecule has 7 nitrogen and oxygen atoms in total. The highest BCUT2D eigenvalue weighted by Crippen LogP contribution is 2.31. The van der Waals surface area contributed by atoms with E-state index in [-0.39, 0.29) is 12.4 Å². The van der Waals surface area contributed by atoms with Crippen LogP contribution in [0.1, 0.15) is 28.8 Å². The fraction of sp³-hybridized carbons (Fsp3) is 0.556. The molecule has 1 aromatic heterocycles. The third kappa shape index (κ3) is 1.92. The van der Waals surface area contributed by atoms with Crippen LogP contribution in [0, 0.1) is 0 Å². The Morgan fingerprint density at radius 2 is 2.50 bits per heavy atom. The summed E-state index contributed by atoms with van der Waals surface area (Å²) < 4.78 is 5.38. The summed E-state index contributed by atoms with van der Waals surface area (Å²) >= 11 is 0. The minimum atomic E-state index is -0.713. The largest absolute Gasteiger partial charge is 0.394 e. The summed E-state index contributed by atoms with van der Waals surface area (Å²) in [4.78, 5) is 17.3. The fourth-order valence-corrected chi connectivity index (χ4v) is 1.72. The number of nitrogens with zero attached hydrogens (tertiary/aromatic N) is 1. The average Bonchev–Trinajstić information content (AvgIpc) is 2.83. The highest BCUT2D eigenvalue weighted by molar-refractivity contribution is 5.88. The molecule has 1 aliphatic rings. The predicted octanol–water partition coefficient (Wildman–Crippen LogP) is -1.31. The van der Waals surface area contributed by atoms with Crippen molar-refractivity contribution in [2.75, 3.05) is 6.61 Å². The van der Waals surface area contributed by atoms with E-state index < -0.39 is 24.2 Å². The van der Waals surface area contributed by atoms with Crippen molar-refractivity contribution in [1.82, 2.24) is 9.97 Å². The summed E-state index contributed by atoms with van der Waals surface area (Å²) in [5.74, 6) is -0.593. The number of aromatic amines is 1. The molecule has 7 heteroatoms. The topological polar surface area (TPSA) is 121 Å². The quantitative estimate of drug-likeness (QED) is 0.511. The van der Waals surface area contributed by atoms with Gasteiger partial charge in [-0.3, -0.25) is 4.79 Å². The molecule has 0 spiro atoms. The Kier molecular flexibility index (Phi) is 2.90. The Morgan fingerprint density at radius 3 is 3.00 bits per heavy atom. The van der Waals surface area contributed by atoms with Crippen LogP contribution >= 0.6 is 0 Å². The highest BCUT2D eigenvalue weighted by atomic mass is 16.5. The predicted molar refractivity (Wildman–Crippen MR) is 52.4 cm³/mol. The first-order chi connectivity index (χ1) is 7.61. The van der Waals surface area contributed by atoms with Crippen molar-refractivity contribution in [2.45, 2.75) is 24.7 Å². The van der Waals surface area contributed by atoms with Gasteiger partial charge in [0, 0.05) is 6.42 Å². The number of carbonyl (C=O) groups excluding carboxylic acids is 1. The zero-order valence-electron chi connectivity index (χ0n) is 8.46. The SMILES string of the molecule is NC(=O)c1ncc(C2C[C@H](O)[C@@H](CO)O2)[nH]1. The van der Waals surface area contributed by atoms with Crippen molar-refractivity contribution in [1.29, 1.82) is 0 Å².